The Morgan fingerprint density at radius 1 is 1.11 bits per heavy atom. The fraction of sp³-hybridized carbons (Fsp3) is 0.435. The number of rotatable bonds is 8. The molecule has 0 spiro atoms. The summed E-state index contributed by atoms with van der Waals surface area (Å²) in [5.74, 6) is 0.832. The van der Waals surface area contributed by atoms with Gasteiger partial charge in [0, 0.05) is 50.9 Å². The predicted octanol–water partition coefficient (Wildman–Crippen LogP) is 2.86. The molecule has 0 aromatic heterocycles. The van der Waals surface area contributed by atoms with Crippen LogP contribution in [-0.4, -0.2) is 55.6 Å². The summed E-state index contributed by atoms with van der Waals surface area (Å²) in [5.41, 5.74) is 2.78. The third-order valence-corrected chi connectivity index (χ3v) is 5.21. The molecular weight excluding hydrogens is 348 g/mol. The minimum absolute atomic E-state index is 0.403. The molecule has 0 amide bonds. The van der Waals surface area contributed by atoms with Crippen LogP contribution in [0.25, 0.3) is 0 Å². The van der Waals surface area contributed by atoms with E-state index in [0.29, 0.717) is 18.2 Å². The Balaban J connectivity index is 1.47. The van der Waals surface area contributed by atoms with Crippen molar-refractivity contribution in [3.05, 3.63) is 65.2 Å². The zero-order valence-corrected chi connectivity index (χ0v) is 16.9. The summed E-state index contributed by atoms with van der Waals surface area (Å²) in [6.07, 6.45) is 0. The number of benzene rings is 2. The van der Waals surface area contributed by atoms with Crippen molar-refractivity contribution in [2.75, 3.05) is 39.8 Å². The molecule has 3 rings (SSSR count). The van der Waals surface area contributed by atoms with E-state index in [2.05, 4.69) is 47.3 Å². The molecule has 1 N–H and O–H groups in total. The van der Waals surface area contributed by atoms with E-state index in [4.69, 9.17) is 4.74 Å². The SMILES string of the molecule is CC(CN1CCN(C)CC1)NCc1cccc(OCc2ccccc2C#N)c1. The number of ether oxygens (including phenoxy) is 1. The summed E-state index contributed by atoms with van der Waals surface area (Å²) in [7, 11) is 2.19. The van der Waals surface area contributed by atoms with Gasteiger partial charge in [-0.1, -0.05) is 30.3 Å². The number of hydrogen-bond acceptors (Lipinski definition) is 5. The lowest BCUT2D eigenvalue weighted by Crippen LogP contribution is -2.48. The van der Waals surface area contributed by atoms with E-state index in [0.717, 1.165) is 50.6 Å². The van der Waals surface area contributed by atoms with Gasteiger partial charge in [0.15, 0.2) is 0 Å². The summed E-state index contributed by atoms with van der Waals surface area (Å²) in [6, 6.07) is 18.4. The van der Waals surface area contributed by atoms with Crippen LogP contribution in [0.3, 0.4) is 0 Å². The van der Waals surface area contributed by atoms with E-state index in [1.165, 1.54) is 5.56 Å². The summed E-state index contributed by atoms with van der Waals surface area (Å²) in [4.78, 5) is 4.92. The van der Waals surface area contributed by atoms with Gasteiger partial charge in [-0.3, -0.25) is 4.90 Å². The lowest BCUT2D eigenvalue weighted by atomic mass is 10.1. The Kier molecular flexibility index (Phi) is 7.44. The number of hydrogen-bond donors (Lipinski definition) is 1. The van der Waals surface area contributed by atoms with Crippen LogP contribution in [0.4, 0.5) is 0 Å². The Morgan fingerprint density at radius 2 is 1.89 bits per heavy atom. The standard InChI is InChI=1S/C23H30N4O/c1-19(17-27-12-10-26(2)11-13-27)25-16-20-6-5-9-23(14-20)28-18-22-8-4-3-7-21(22)15-24/h3-9,14,19,25H,10-13,16-18H2,1-2H3. The maximum absolute atomic E-state index is 9.19. The zero-order chi connectivity index (χ0) is 19.8. The first-order chi connectivity index (χ1) is 13.6. The van der Waals surface area contributed by atoms with Crippen LogP contribution in [0.2, 0.25) is 0 Å². The maximum atomic E-state index is 9.19. The highest BCUT2D eigenvalue weighted by Crippen LogP contribution is 2.17. The quantitative estimate of drug-likeness (QED) is 0.765. The smallest absolute Gasteiger partial charge is 0.120 e. The number of nitrogens with one attached hydrogen (secondary N) is 1. The van der Waals surface area contributed by atoms with Crippen LogP contribution < -0.4 is 10.1 Å². The molecule has 1 saturated heterocycles. The summed E-state index contributed by atoms with van der Waals surface area (Å²) in [5, 5.41) is 12.8. The van der Waals surface area contributed by atoms with Crippen LogP contribution in [0.15, 0.2) is 48.5 Å². The fourth-order valence-electron chi connectivity index (χ4n) is 3.44. The van der Waals surface area contributed by atoms with Crippen molar-refractivity contribution in [2.24, 2.45) is 0 Å². The van der Waals surface area contributed by atoms with Gasteiger partial charge in [-0.05, 0) is 37.7 Å². The van der Waals surface area contributed by atoms with Crippen molar-refractivity contribution < 1.29 is 4.74 Å². The van der Waals surface area contributed by atoms with E-state index < -0.39 is 0 Å². The van der Waals surface area contributed by atoms with Crippen LogP contribution in [0, 0.1) is 11.3 Å². The van der Waals surface area contributed by atoms with E-state index >= 15 is 0 Å². The van der Waals surface area contributed by atoms with E-state index in [-0.39, 0.29) is 0 Å². The third-order valence-electron chi connectivity index (χ3n) is 5.21. The molecule has 1 atom stereocenters. The average Bonchev–Trinajstić information content (AvgIpc) is 2.73. The highest BCUT2D eigenvalue weighted by atomic mass is 16.5. The Labute approximate surface area is 168 Å². The Bertz CT molecular complexity index is 793. The fourth-order valence-corrected chi connectivity index (χ4v) is 3.44. The number of nitrogens with zero attached hydrogens (tertiary/aromatic N) is 3. The minimum atomic E-state index is 0.403. The van der Waals surface area contributed by atoms with Crippen LogP contribution in [0.5, 0.6) is 5.75 Å². The van der Waals surface area contributed by atoms with Gasteiger partial charge >= 0.3 is 0 Å². The van der Waals surface area contributed by atoms with Gasteiger partial charge in [-0.2, -0.15) is 5.26 Å². The predicted molar refractivity (Wildman–Crippen MR) is 112 cm³/mol. The molecule has 1 fully saturated rings. The second-order valence-electron chi connectivity index (χ2n) is 7.59. The number of likely N-dealkylation sites (N-methyl/N-ethyl adjacent to an activating group) is 1. The first-order valence-corrected chi connectivity index (χ1v) is 9.98. The summed E-state index contributed by atoms with van der Waals surface area (Å²) < 4.78 is 5.92. The molecule has 0 aliphatic carbocycles. The zero-order valence-electron chi connectivity index (χ0n) is 16.9. The topological polar surface area (TPSA) is 51.5 Å². The van der Waals surface area contributed by atoms with Gasteiger partial charge in [-0.25, -0.2) is 0 Å². The maximum Gasteiger partial charge on any atom is 0.120 e. The van der Waals surface area contributed by atoms with Crippen molar-refractivity contribution in [3.63, 3.8) is 0 Å². The van der Waals surface area contributed by atoms with Crippen molar-refractivity contribution >= 4 is 0 Å². The number of piperazine rings is 1. The molecule has 1 aliphatic rings. The highest BCUT2D eigenvalue weighted by Gasteiger charge is 2.15. The Hall–Kier alpha value is -2.39. The molecule has 0 saturated carbocycles. The molecule has 5 heteroatoms. The van der Waals surface area contributed by atoms with Gasteiger partial charge in [0.2, 0.25) is 0 Å². The van der Waals surface area contributed by atoms with Gasteiger partial charge in [0.1, 0.15) is 12.4 Å². The highest BCUT2D eigenvalue weighted by molar-refractivity contribution is 5.37. The van der Waals surface area contributed by atoms with Gasteiger partial charge in [0.25, 0.3) is 0 Å². The molecule has 1 heterocycles. The van der Waals surface area contributed by atoms with E-state index in [1.54, 1.807) is 0 Å². The largest absolute Gasteiger partial charge is 0.489 e. The molecule has 28 heavy (non-hydrogen) atoms. The van der Waals surface area contributed by atoms with Crippen LogP contribution >= 0.6 is 0 Å². The third kappa shape index (κ3) is 6.07. The second-order valence-corrected chi connectivity index (χ2v) is 7.59. The van der Waals surface area contributed by atoms with E-state index in [9.17, 15) is 5.26 Å². The lowest BCUT2D eigenvalue weighted by molar-refractivity contribution is 0.144. The first-order valence-electron chi connectivity index (χ1n) is 9.98. The molecule has 1 aliphatic heterocycles. The normalized spacial score (nSPS) is 16.5. The summed E-state index contributed by atoms with van der Waals surface area (Å²) in [6.45, 7) is 9.15. The molecule has 148 valence electrons. The van der Waals surface area contributed by atoms with Crippen molar-refractivity contribution in [1.82, 2.24) is 15.1 Å². The second kappa shape index (κ2) is 10.2. The molecule has 2 aromatic rings. The van der Waals surface area contributed by atoms with Crippen LogP contribution in [0.1, 0.15) is 23.6 Å². The molecule has 5 nitrogen and oxygen atoms in total. The van der Waals surface area contributed by atoms with Gasteiger partial charge < -0.3 is 15.0 Å². The molecule has 2 aromatic carbocycles. The van der Waals surface area contributed by atoms with Gasteiger partial charge in [-0.15, -0.1) is 0 Å². The van der Waals surface area contributed by atoms with Crippen molar-refractivity contribution in [1.29, 1.82) is 5.26 Å². The molecule has 1 unspecified atom stereocenters. The average molecular weight is 379 g/mol. The van der Waals surface area contributed by atoms with E-state index in [1.807, 2.05) is 36.4 Å². The molecule has 0 bridgehead atoms. The minimum Gasteiger partial charge on any atom is -0.489 e. The first kappa shape index (κ1) is 20.3. The van der Waals surface area contributed by atoms with Gasteiger partial charge in [0.05, 0.1) is 11.6 Å². The Morgan fingerprint density at radius 3 is 2.68 bits per heavy atom. The number of nitriles is 1. The van der Waals surface area contributed by atoms with Crippen molar-refractivity contribution in [3.8, 4) is 11.8 Å². The lowest BCUT2D eigenvalue weighted by Gasteiger charge is -2.34. The monoisotopic (exact) mass is 378 g/mol. The summed E-state index contributed by atoms with van der Waals surface area (Å²) >= 11 is 0. The van der Waals surface area contributed by atoms with Crippen LogP contribution in [-0.2, 0) is 13.2 Å². The molecule has 0 radical (unpaired) electrons. The molecular formula is C23H30N4O. The van der Waals surface area contributed by atoms with Crippen molar-refractivity contribution in [2.45, 2.75) is 26.1 Å².